The van der Waals surface area contributed by atoms with Gasteiger partial charge in [0.25, 0.3) is 0 Å². The van der Waals surface area contributed by atoms with Crippen LogP contribution in [0.2, 0.25) is 0 Å². The van der Waals surface area contributed by atoms with Crippen molar-refractivity contribution in [1.29, 1.82) is 0 Å². The van der Waals surface area contributed by atoms with Crippen LogP contribution in [0.25, 0.3) is 10.9 Å². The Kier molecular flexibility index (Phi) is 1.95. The molecule has 0 unspecified atom stereocenters. The van der Waals surface area contributed by atoms with Gasteiger partial charge in [-0.3, -0.25) is 0 Å². The van der Waals surface area contributed by atoms with E-state index in [0.29, 0.717) is 0 Å². The van der Waals surface area contributed by atoms with Crippen LogP contribution in [0.3, 0.4) is 0 Å². The molecule has 0 aliphatic heterocycles. The van der Waals surface area contributed by atoms with Gasteiger partial charge in [0.15, 0.2) is 0 Å². The topological polar surface area (TPSA) is 12.9 Å². The van der Waals surface area contributed by atoms with Gasteiger partial charge in [0, 0.05) is 0 Å². The van der Waals surface area contributed by atoms with Crippen LogP contribution in [0.5, 0.6) is 0 Å². The Morgan fingerprint density at radius 2 is 2.00 bits per heavy atom. The zero-order chi connectivity index (χ0) is 7.68. The van der Waals surface area contributed by atoms with Crippen molar-refractivity contribution >= 4 is 41.6 Å². The quantitative estimate of drug-likeness (QED) is 0.512. The molecule has 0 bridgehead atoms. The van der Waals surface area contributed by atoms with E-state index in [4.69, 9.17) is 0 Å². The van der Waals surface area contributed by atoms with E-state index in [0.717, 1.165) is 33.4 Å². The average molecular weight is 151 g/mol. The summed E-state index contributed by atoms with van der Waals surface area (Å²) in [5.74, 6) is 0. The zero-order valence-corrected chi connectivity index (χ0v) is 8.41. The third kappa shape index (κ3) is 1.32. The summed E-state index contributed by atoms with van der Waals surface area (Å²) < 4.78 is 1.43. The molecule has 11 heavy (non-hydrogen) atoms. The van der Waals surface area contributed by atoms with E-state index in [1.807, 2.05) is 12.3 Å². The fourth-order valence-electron chi connectivity index (χ4n) is 1.26. The molecule has 0 saturated carbocycles. The summed E-state index contributed by atoms with van der Waals surface area (Å²) in [6.45, 7) is 0. The Hall–Kier alpha value is -0.370. The van der Waals surface area contributed by atoms with Gasteiger partial charge in [-0.1, -0.05) is 0 Å². The van der Waals surface area contributed by atoms with E-state index in [1.165, 1.54) is 8.20 Å². The van der Waals surface area contributed by atoms with Crippen LogP contribution in [0.4, 0.5) is 0 Å². The monoisotopic (exact) mass is 151 g/mol. The standard InChI is InChI=1S/C9H6N.Na/c1-2-6-9-8(4-1)5-3-7-10-9;/h1-3,5-7H;. The molecule has 1 heterocycles. The van der Waals surface area contributed by atoms with Gasteiger partial charge in [0.2, 0.25) is 0 Å². The molecule has 0 N–H and O–H groups in total. The second-order valence-corrected chi connectivity index (χ2v) is 3.72. The van der Waals surface area contributed by atoms with Crippen LogP contribution in [0.1, 0.15) is 0 Å². The second kappa shape index (κ2) is 2.94. The Morgan fingerprint density at radius 1 is 1.09 bits per heavy atom. The van der Waals surface area contributed by atoms with E-state index in [1.54, 1.807) is 0 Å². The average Bonchev–Trinajstić information content (AvgIpc) is 2.06. The molecule has 1 nitrogen and oxygen atoms in total. The molecular formula is C9H6NNa. The normalized spacial score (nSPS) is 10.4. The minimum atomic E-state index is 1.10. The summed E-state index contributed by atoms with van der Waals surface area (Å²) >= 11 is 1.10. The van der Waals surface area contributed by atoms with Crippen LogP contribution >= 0.6 is 0 Å². The fourth-order valence-corrected chi connectivity index (χ4v) is 1.87. The van der Waals surface area contributed by atoms with Gasteiger partial charge in [0.05, 0.1) is 0 Å². The van der Waals surface area contributed by atoms with Crippen molar-refractivity contribution in [1.82, 2.24) is 4.98 Å². The molecule has 1 aromatic carbocycles. The van der Waals surface area contributed by atoms with Crippen LogP contribution in [0.15, 0.2) is 36.5 Å². The van der Waals surface area contributed by atoms with Gasteiger partial charge in [-0.25, -0.2) is 0 Å². The minimum absolute atomic E-state index is 1.10. The Labute approximate surface area is 82.9 Å². The molecule has 0 atom stereocenters. The summed E-state index contributed by atoms with van der Waals surface area (Å²) in [5, 5.41) is 1.31. The van der Waals surface area contributed by atoms with E-state index in [2.05, 4.69) is 29.2 Å². The Balaban J connectivity index is 2.91. The third-order valence-corrected chi connectivity index (χ3v) is 2.74. The molecule has 0 spiro atoms. The van der Waals surface area contributed by atoms with Crippen molar-refractivity contribution in [3.8, 4) is 0 Å². The predicted molar refractivity (Wildman–Crippen MR) is 47.1 cm³/mol. The number of rotatable bonds is 0. The summed E-state index contributed by atoms with van der Waals surface area (Å²) in [7, 11) is 0. The Morgan fingerprint density at radius 3 is 2.82 bits per heavy atom. The summed E-state index contributed by atoms with van der Waals surface area (Å²) in [6, 6.07) is 10.4. The Bertz CT molecular complexity index is 379. The molecule has 0 amide bonds. The molecule has 0 radical (unpaired) electrons. The first-order chi connectivity index (χ1) is 5.38. The molecule has 48 valence electrons. The van der Waals surface area contributed by atoms with Gasteiger partial charge in [-0.2, -0.15) is 0 Å². The molecule has 0 fully saturated rings. The van der Waals surface area contributed by atoms with E-state index in [9.17, 15) is 0 Å². The molecule has 0 saturated heterocycles. The number of pyridine rings is 1. The van der Waals surface area contributed by atoms with Gasteiger partial charge in [0.1, 0.15) is 0 Å². The van der Waals surface area contributed by atoms with Crippen molar-refractivity contribution in [2.45, 2.75) is 0 Å². The van der Waals surface area contributed by atoms with Gasteiger partial charge in [-0.15, -0.1) is 0 Å². The van der Waals surface area contributed by atoms with Crippen LogP contribution in [-0.4, -0.2) is 32.9 Å². The van der Waals surface area contributed by atoms with Crippen LogP contribution in [-0.2, 0) is 0 Å². The summed E-state index contributed by atoms with van der Waals surface area (Å²) in [6.07, 6.45) is 1.84. The molecule has 2 rings (SSSR count). The van der Waals surface area contributed by atoms with Crippen molar-refractivity contribution in [3.63, 3.8) is 0 Å². The maximum atomic E-state index is 4.26. The number of fused-ring (bicyclic) bond motifs is 1. The van der Waals surface area contributed by atoms with Crippen molar-refractivity contribution in [2.75, 3.05) is 0 Å². The predicted octanol–water partition coefficient (Wildman–Crippen LogP) is 1.03. The number of hydrogen-bond donors (Lipinski definition) is 0. The third-order valence-electron chi connectivity index (χ3n) is 1.86. The first-order valence-corrected chi connectivity index (χ1v) is 4.68. The van der Waals surface area contributed by atoms with Gasteiger partial charge >= 0.3 is 83.2 Å². The molecule has 2 aromatic rings. The molecule has 0 aliphatic carbocycles. The van der Waals surface area contributed by atoms with Gasteiger partial charge in [-0.05, 0) is 0 Å². The van der Waals surface area contributed by atoms with Crippen molar-refractivity contribution in [3.05, 3.63) is 36.5 Å². The van der Waals surface area contributed by atoms with E-state index in [-0.39, 0.29) is 0 Å². The van der Waals surface area contributed by atoms with Gasteiger partial charge < -0.3 is 0 Å². The molecule has 0 aliphatic rings. The maximum absolute atomic E-state index is 4.26. The van der Waals surface area contributed by atoms with Crippen LogP contribution < -0.4 is 2.81 Å². The number of hydrogen-bond acceptors (Lipinski definition) is 1. The zero-order valence-electron chi connectivity index (χ0n) is 6.41. The van der Waals surface area contributed by atoms with E-state index < -0.39 is 0 Å². The summed E-state index contributed by atoms with van der Waals surface area (Å²) in [4.78, 5) is 4.26. The number of benzene rings is 1. The second-order valence-electron chi connectivity index (χ2n) is 2.64. The van der Waals surface area contributed by atoms with Crippen LogP contribution in [0, 0.1) is 0 Å². The van der Waals surface area contributed by atoms with Crippen molar-refractivity contribution < 1.29 is 0 Å². The van der Waals surface area contributed by atoms with Crippen molar-refractivity contribution in [2.24, 2.45) is 0 Å². The SMILES string of the molecule is [Na][c]1cccc2ncccc12. The van der Waals surface area contributed by atoms with E-state index >= 15 is 0 Å². The molecule has 2 heteroatoms. The molecular weight excluding hydrogens is 145 g/mol. The first-order valence-electron chi connectivity index (χ1n) is 3.68. The first kappa shape index (κ1) is 7.29. The molecule has 1 aromatic heterocycles. The summed E-state index contributed by atoms with van der Waals surface area (Å²) in [5.41, 5.74) is 1.11. The number of nitrogens with zero attached hydrogens (tertiary/aromatic N) is 1. The number of aromatic nitrogens is 1. The fraction of sp³-hybridized carbons (Fsp3) is 0.